The normalized spacial score (nSPS) is 18.8. The highest BCUT2D eigenvalue weighted by molar-refractivity contribution is 5.70. The summed E-state index contributed by atoms with van der Waals surface area (Å²) < 4.78 is 10.2. The van der Waals surface area contributed by atoms with Crippen LogP contribution in [0.15, 0.2) is 0 Å². The average Bonchev–Trinajstić information content (AvgIpc) is 3.13. The molecule has 0 aromatic rings. The van der Waals surface area contributed by atoms with Gasteiger partial charge in [-0.1, -0.05) is 6.42 Å². The summed E-state index contributed by atoms with van der Waals surface area (Å²) in [5.41, 5.74) is 0. The fourth-order valence-corrected chi connectivity index (χ4v) is 1.58. The predicted octanol–water partition coefficient (Wildman–Crippen LogP) is 2.35. The van der Waals surface area contributed by atoms with Gasteiger partial charge in [-0.05, 0) is 38.5 Å². The molecule has 0 atom stereocenters. The van der Waals surface area contributed by atoms with Crippen molar-refractivity contribution >= 4 is 11.9 Å². The van der Waals surface area contributed by atoms with Gasteiger partial charge in [0.25, 0.3) is 0 Å². The van der Waals surface area contributed by atoms with Crippen LogP contribution < -0.4 is 0 Å². The second-order valence-electron chi connectivity index (χ2n) is 4.94. The largest absolute Gasteiger partial charge is 0.462 e. The zero-order valence-electron chi connectivity index (χ0n) is 10.2. The van der Waals surface area contributed by atoms with Gasteiger partial charge in [-0.2, -0.15) is 0 Å². The van der Waals surface area contributed by atoms with E-state index in [4.69, 9.17) is 9.47 Å². The Balaban J connectivity index is 1.39. The van der Waals surface area contributed by atoms with Crippen LogP contribution in [0, 0.1) is 0 Å². The van der Waals surface area contributed by atoms with Crippen LogP contribution in [-0.2, 0) is 19.1 Å². The van der Waals surface area contributed by atoms with E-state index in [-0.39, 0.29) is 24.1 Å². The lowest BCUT2D eigenvalue weighted by atomic mass is 10.1. The number of carbonyl (C=O) groups is 2. The van der Waals surface area contributed by atoms with Gasteiger partial charge >= 0.3 is 11.9 Å². The summed E-state index contributed by atoms with van der Waals surface area (Å²) in [5, 5.41) is 0. The first-order chi connectivity index (χ1) is 8.24. The maximum absolute atomic E-state index is 11.2. The van der Waals surface area contributed by atoms with E-state index in [9.17, 15) is 9.59 Å². The number of ether oxygens (including phenoxy) is 2. The second kappa shape index (κ2) is 6.03. The molecule has 17 heavy (non-hydrogen) atoms. The molecule has 0 aromatic heterocycles. The lowest BCUT2D eigenvalue weighted by Crippen LogP contribution is -2.07. The van der Waals surface area contributed by atoms with Crippen LogP contribution in [0.25, 0.3) is 0 Å². The van der Waals surface area contributed by atoms with Crippen molar-refractivity contribution in [3.8, 4) is 0 Å². The van der Waals surface area contributed by atoms with E-state index in [2.05, 4.69) is 0 Å². The Hall–Kier alpha value is -1.06. The molecular formula is C13H20O4. The van der Waals surface area contributed by atoms with Crippen LogP contribution in [0.3, 0.4) is 0 Å². The third kappa shape index (κ3) is 5.71. The van der Waals surface area contributed by atoms with E-state index < -0.39 is 0 Å². The van der Waals surface area contributed by atoms with E-state index in [1.807, 2.05) is 0 Å². The van der Waals surface area contributed by atoms with Crippen molar-refractivity contribution in [2.45, 2.75) is 70.0 Å². The molecule has 0 amide bonds. The van der Waals surface area contributed by atoms with Crippen molar-refractivity contribution in [1.29, 1.82) is 0 Å². The Morgan fingerprint density at radius 3 is 1.53 bits per heavy atom. The molecule has 0 spiro atoms. The van der Waals surface area contributed by atoms with Gasteiger partial charge in [0.2, 0.25) is 0 Å². The molecule has 0 unspecified atom stereocenters. The maximum Gasteiger partial charge on any atom is 0.306 e. The molecule has 4 heteroatoms. The molecular weight excluding hydrogens is 220 g/mol. The Kier molecular flexibility index (Phi) is 4.40. The van der Waals surface area contributed by atoms with E-state index in [1.165, 1.54) is 0 Å². The van der Waals surface area contributed by atoms with Gasteiger partial charge < -0.3 is 9.47 Å². The number of esters is 2. The number of carbonyl (C=O) groups excluding carboxylic acids is 2. The van der Waals surface area contributed by atoms with Crippen molar-refractivity contribution in [1.82, 2.24) is 0 Å². The summed E-state index contributed by atoms with van der Waals surface area (Å²) in [5.74, 6) is -0.180. The van der Waals surface area contributed by atoms with Crippen LogP contribution in [0.5, 0.6) is 0 Å². The molecule has 2 aliphatic carbocycles. The van der Waals surface area contributed by atoms with Gasteiger partial charge in [0.15, 0.2) is 0 Å². The van der Waals surface area contributed by atoms with Crippen LogP contribution in [0.1, 0.15) is 57.8 Å². The summed E-state index contributed by atoms with van der Waals surface area (Å²) in [7, 11) is 0. The van der Waals surface area contributed by atoms with Gasteiger partial charge in [-0.25, -0.2) is 0 Å². The number of unbranched alkanes of at least 4 members (excludes halogenated alkanes) is 2. The van der Waals surface area contributed by atoms with E-state index in [1.54, 1.807) is 0 Å². The Morgan fingerprint density at radius 1 is 0.765 bits per heavy atom. The third-order valence-electron chi connectivity index (χ3n) is 2.91. The van der Waals surface area contributed by atoms with Gasteiger partial charge in [0.05, 0.1) is 0 Å². The summed E-state index contributed by atoms with van der Waals surface area (Å²) in [6.45, 7) is 0. The standard InChI is InChI=1S/C13H20O4/c14-12(16-10-6-7-10)4-2-1-3-5-13(15)17-11-8-9-11/h10-11H,1-9H2. The van der Waals surface area contributed by atoms with Gasteiger partial charge in [0.1, 0.15) is 12.2 Å². The van der Waals surface area contributed by atoms with E-state index in [0.717, 1.165) is 44.9 Å². The topological polar surface area (TPSA) is 52.6 Å². The summed E-state index contributed by atoms with van der Waals surface area (Å²) in [6.07, 6.45) is 7.98. The Morgan fingerprint density at radius 2 is 1.18 bits per heavy atom. The zero-order chi connectivity index (χ0) is 12.1. The zero-order valence-corrected chi connectivity index (χ0v) is 10.2. The second-order valence-corrected chi connectivity index (χ2v) is 4.94. The number of hydrogen-bond donors (Lipinski definition) is 0. The molecule has 0 bridgehead atoms. The highest BCUT2D eigenvalue weighted by atomic mass is 16.6. The van der Waals surface area contributed by atoms with Crippen molar-refractivity contribution < 1.29 is 19.1 Å². The molecule has 2 fully saturated rings. The summed E-state index contributed by atoms with van der Waals surface area (Å²) in [4.78, 5) is 22.5. The third-order valence-corrected chi connectivity index (χ3v) is 2.91. The average molecular weight is 240 g/mol. The fraction of sp³-hybridized carbons (Fsp3) is 0.846. The molecule has 4 nitrogen and oxygen atoms in total. The van der Waals surface area contributed by atoms with Gasteiger partial charge in [-0.15, -0.1) is 0 Å². The quantitative estimate of drug-likeness (QED) is 0.482. The Labute approximate surface area is 102 Å². The molecule has 96 valence electrons. The van der Waals surface area contributed by atoms with Crippen LogP contribution in [0.4, 0.5) is 0 Å². The van der Waals surface area contributed by atoms with Crippen LogP contribution in [0.2, 0.25) is 0 Å². The molecule has 0 aliphatic heterocycles. The first-order valence-corrected chi connectivity index (χ1v) is 6.63. The fourth-order valence-electron chi connectivity index (χ4n) is 1.58. The van der Waals surface area contributed by atoms with E-state index in [0.29, 0.717) is 12.8 Å². The van der Waals surface area contributed by atoms with Gasteiger partial charge in [-0.3, -0.25) is 9.59 Å². The highest BCUT2D eigenvalue weighted by Crippen LogP contribution is 2.25. The molecule has 0 radical (unpaired) electrons. The van der Waals surface area contributed by atoms with Gasteiger partial charge in [0, 0.05) is 12.8 Å². The van der Waals surface area contributed by atoms with Crippen molar-refractivity contribution in [2.75, 3.05) is 0 Å². The monoisotopic (exact) mass is 240 g/mol. The molecule has 0 heterocycles. The minimum absolute atomic E-state index is 0.0898. The molecule has 2 rings (SSSR count). The molecule has 2 aliphatic rings. The minimum atomic E-state index is -0.0898. The Bertz CT molecular complexity index is 251. The van der Waals surface area contributed by atoms with Crippen LogP contribution >= 0.6 is 0 Å². The summed E-state index contributed by atoms with van der Waals surface area (Å²) in [6, 6.07) is 0. The SMILES string of the molecule is O=C(CCCCCC(=O)OC1CC1)OC1CC1. The minimum Gasteiger partial charge on any atom is -0.462 e. The molecule has 0 saturated heterocycles. The lowest BCUT2D eigenvalue weighted by molar-refractivity contribution is -0.145. The summed E-state index contributed by atoms with van der Waals surface area (Å²) >= 11 is 0. The first-order valence-electron chi connectivity index (χ1n) is 6.63. The van der Waals surface area contributed by atoms with Crippen molar-refractivity contribution in [3.63, 3.8) is 0 Å². The molecule has 0 aromatic carbocycles. The van der Waals surface area contributed by atoms with Crippen molar-refractivity contribution in [3.05, 3.63) is 0 Å². The lowest BCUT2D eigenvalue weighted by Gasteiger charge is -2.03. The van der Waals surface area contributed by atoms with Crippen molar-refractivity contribution in [2.24, 2.45) is 0 Å². The van der Waals surface area contributed by atoms with E-state index >= 15 is 0 Å². The first kappa shape index (κ1) is 12.4. The molecule has 2 saturated carbocycles. The predicted molar refractivity (Wildman–Crippen MR) is 61.3 cm³/mol. The smallest absolute Gasteiger partial charge is 0.306 e. The highest BCUT2D eigenvalue weighted by Gasteiger charge is 2.26. The number of hydrogen-bond acceptors (Lipinski definition) is 4. The number of rotatable bonds is 8. The maximum atomic E-state index is 11.2. The van der Waals surface area contributed by atoms with Crippen LogP contribution in [-0.4, -0.2) is 24.1 Å². The molecule has 0 N–H and O–H groups in total.